The van der Waals surface area contributed by atoms with Crippen molar-refractivity contribution in [2.75, 3.05) is 13.1 Å². The van der Waals surface area contributed by atoms with Crippen molar-refractivity contribution < 1.29 is 14.4 Å². The molecule has 1 heterocycles. The molecule has 6 nitrogen and oxygen atoms in total. The largest absolute Gasteiger partial charge is 0.351 e. The number of nitrogens with zero attached hydrogens (tertiary/aromatic N) is 1. The molecule has 0 saturated carbocycles. The van der Waals surface area contributed by atoms with Crippen molar-refractivity contribution in [3.05, 3.63) is 35.4 Å². The van der Waals surface area contributed by atoms with E-state index in [0.29, 0.717) is 30.6 Å². The van der Waals surface area contributed by atoms with Gasteiger partial charge in [-0.2, -0.15) is 0 Å². The first-order valence-corrected chi connectivity index (χ1v) is 6.43. The van der Waals surface area contributed by atoms with Gasteiger partial charge in [-0.15, -0.1) is 0 Å². The number of rotatable bonds is 3. The third-order valence-electron chi connectivity index (χ3n) is 3.39. The summed E-state index contributed by atoms with van der Waals surface area (Å²) < 4.78 is 0. The first-order valence-electron chi connectivity index (χ1n) is 6.43. The minimum atomic E-state index is -0.465. The van der Waals surface area contributed by atoms with Crippen LogP contribution in [0.1, 0.15) is 34.1 Å². The second-order valence-electron chi connectivity index (χ2n) is 4.88. The third-order valence-corrected chi connectivity index (χ3v) is 3.39. The Balaban J connectivity index is 1.95. The van der Waals surface area contributed by atoms with E-state index < -0.39 is 6.03 Å². The van der Waals surface area contributed by atoms with E-state index in [0.717, 1.165) is 0 Å². The van der Waals surface area contributed by atoms with Crippen LogP contribution in [0.2, 0.25) is 0 Å². The van der Waals surface area contributed by atoms with Gasteiger partial charge in [-0.05, 0) is 25.5 Å². The van der Waals surface area contributed by atoms with E-state index >= 15 is 0 Å². The normalized spacial score (nSPS) is 17.9. The van der Waals surface area contributed by atoms with E-state index in [9.17, 15) is 14.4 Å². The fourth-order valence-corrected chi connectivity index (χ4v) is 2.20. The molecule has 1 aromatic carbocycles. The number of nitrogens with one attached hydrogen (secondary N) is 1. The fourth-order valence-electron chi connectivity index (χ4n) is 2.20. The summed E-state index contributed by atoms with van der Waals surface area (Å²) in [4.78, 5) is 35.7. The Bertz CT molecular complexity index is 539. The number of carbonyl (C=O) groups excluding carboxylic acids is 3. The van der Waals surface area contributed by atoms with Gasteiger partial charge >= 0.3 is 6.03 Å². The molecule has 6 heteroatoms. The molecule has 1 atom stereocenters. The van der Waals surface area contributed by atoms with Gasteiger partial charge in [0.05, 0.1) is 0 Å². The minimum absolute atomic E-state index is 0.0372. The highest BCUT2D eigenvalue weighted by atomic mass is 16.2. The molecule has 0 radical (unpaired) electrons. The van der Waals surface area contributed by atoms with Crippen LogP contribution in [0.4, 0.5) is 4.79 Å². The molecular formula is C14H17N3O3. The van der Waals surface area contributed by atoms with Crippen LogP contribution in [0.25, 0.3) is 0 Å². The number of amides is 3. The van der Waals surface area contributed by atoms with Gasteiger partial charge in [0.2, 0.25) is 0 Å². The Labute approximate surface area is 116 Å². The highest BCUT2D eigenvalue weighted by molar-refractivity contribution is 5.97. The number of ketones is 1. The second-order valence-corrected chi connectivity index (χ2v) is 4.88. The van der Waals surface area contributed by atoms with Crippen molar-refractivity contribution in [3.8, 4) is 0 Å². The molecule has 1 unspecified atom stereocenters. The summed E-state index contributed by atoms with van der Waals surface area (Å²) in [6.45, 7) is 2.47. The molecule has 0 bridgehead atoms. The molecule has 3 amide bonds. The Hall–Kier alpha value is -2.37. The van der Waals surface area contributed by atoms with Gasteiger partial charge in [-0.25, -0.2) is 4.79 Å². The van der Waals surface area contributed by atoms with Crippen LogP contribution in [-0.4, -0.2) is 41.8 Å². The van der Waals surface area contributed by atoms with Crippen LogP contribution >= 0.6 is 0 Å². The molecule has 106 valence electrons. The van der Waals surface area contributed by atoms with Gasteiger partial charge in [-0.1, -0.05) is 12.1 Å². The molecule has 2 rings (SSSR count). The molecule has 3 N–H and O–H groups in total. The number of hydrogen-bond donors (Lipinski definition) is 2. The lowest BCUT2D eigenvalue weighted by molar-refractivity contribution is 0.0936. The van der Waals surface area contributed by atoms with Gasteiger partial charge in [0.25, 0.3) is 5.91 Å². The Morgan fingerprint density at radius 1 is 1.20 bits per heavy atom. The van der Waals surface area contributed by atoms with Crippen LogP contribution in [0, 0.1) is 0 Å². The van der Waals surface area contributed by atoms with E-state index in [1.54, 1.807) is 24.3 Å². The zero-order valence-electron chi connectivity index (χ0n) is 11.3. The van der Waals surface area contributed by atoms with E-state index in [1.807, 2.05) is 0 Å². The van der Waals surface area contributed by atoms with E-state index in [2.05, 4.69) is 5.32 Å². The Morgan fingerprint density at radius 3 is 2.30 bits per heavy atom. The number of likely N-dealkylation sites (tertiary alicyclic amines) is 1. The molecular weight excluding hydrogens is 258 g/mol. The zero-order valence-corrected chi connectivity index (χ0v) is 11.3. The SMILES string of the molecule is CC(=O)c1ccc(C(=O)NC2CCN(C(N)=O)C2)cc1. The standard InChI is InChI=1S/C14H17N3O3/c1-9(18)10-2-4-11(5-3-10)13(19)16-12-6-7-17(8-12)14(15)20/h2-5,12H,6-8H2,1H3,(H2,15,20)(H,16,19). The molecule has 1 fully saturated rings. The van der Waals surface area contributed by atoms with Crippen LogP contribution in [0.3, 0.4) is 0 Å². The average molecular weight is 275 g/mol. The summed E-state index contributed by atoms with van der Waals surface area (Å²) in [6, 6.07) is 5.94. The van der Waals surface area contributed by atoms with Crippen molar-refractivity contribution in [1.29, 1.82) is 0 Å². The maximum Gasteiger partial charge on any atom is 0.314 e. The molecule has 1 saturated heterocycles. The number of carbonyl (C=O) groups is 3. The molecule has 0 aliphatic carbocycles. The topological polar surface area (TPSA) is 92.5 Å². The average Bonchev–Trinajstić information content (AvgIpc) is 2.87. The van der Waals surface area contributed by atoms with Crippen molar-refractivity contribution in [1.82, 2.24) is 10.2 Å². The number of primary amides is 1. The number of Topliss-reactive ketones (excluding diaryl/α,β-unsaturated/α-hetero) is 1. The highest BCUT2D eigenvalue weighted by Crippen LogP contribution is 2.10. The smallest absolute Gasteiger partial charge is 0.314 e. The maximum atomic E-state index is 12.0. The minimum Gasteiger partial charge on any atom is -0.351 e. The molecule has 1 aromatic rings. The van der Waals surface area contributed by atoms with Gasteiger partial charge in [0, 0.05) is 30.3 Å². The highest BCUT2D eigenvalue weighted by Gasteiger charge is 2.26. The molecule has 1 aliphatic heterocycles. The van der Waals surface area contributed by atoms with Crippen LogP contribution in [0.5, 0.6) is 0 Å². The van der Waals surface area contributed by atoms with Crippen LogP contribution in [-0.2, 0) is 0 Å². The number of hydrogen-bond acceptors (Lipinski definition) is 3. The zero-order chi connectivity index (χ0) is 14.7. The van der Waals surface area contributed by atoms with Crippen LogP contribution in [0.15, 0.2) is 24.3 Å². The van der Waals surface area contributed by atoms with Gasteiger partial charge < -0.3 is 16.0 Å². The molecule has 0 aromatic heterocycles. The Morgan fingerprint density at radius 2 is 1.80 bits per heavy atom. The summed E-state index contributed by atoms with van der Waals surface area (Å²) in [5.41, 5.74) is 6.25. The summed E-state index contributed by atoms with van der Waals surface area (Å²) in [7, 11) is 0. The van der Waals surface area contributed by atoms with Gasteiger partial charge in [-0.3, -0.25) is 9.59 Å². The first-order chi connectivity index (χ1) is 9.47. The monoisotopic (exact) mass is 275 g/mol. The van der Waals surface area contributed by atoms with Crippen molar-refractivity contribution in [2.45, 2.75) is 19.4 Å². The fraction of sp³-hybridized carbons (Fsp3) is 0.357. The number of urea groups is 1. The third kappa shape index (κ3) is 3.14. The maximum absolute atomic E-state index is 12.0. The molecule has 0 spiro atoms. The van der Waals surface area contributed by atoms with Gasteiger partial charge in [0.1, 0.15) is 0 Å². The molecule has 20 heavy (non-hydrogen) atoms. The van der Waals surface area contributed by atoms with Gasteiger partial charge in [0.15, 0.2) is 5.78 Å². The van der Waals surface area contributed by atoms with Crippen molar-refractivity contribution in [3.63, 3.8) is 0 Å². The summed E-state index contributed by atoms with van der Waals surface area (Å²) in [6.07, 6.45) is 0.695. The summed E-state index contributed by atoms with van der Waals surface area (Å²) in [5.74, 6) is -0.249. The quantitative estimate of drug-likeness (QED) is 0.798. The van der Waals surface area contributed by atoms with E-state index in [1.165, 1.54) is 11.8 Å². The van der Waals surface area contributed by atoms with Crippen LogP contribution < -0.4 is 11.1 Å². The summed E-state index contributed by atoms with van der Waals surface area (Å²) in [5, 5.41) is 2.86. The lowest BCUT2D eigenvalue weighted by Gasteiger charge is -2.14. The number of nitrogens with two attached hydrogens (primary N) is 1. The number of benzene rings is 1. The predicted molar refractivity (Wildman–Crippen MR) is 73.5 cm³/mol. The molecule has 1 aliphatic rings. The predicted octanol–water partition coefficient (Wildman–Crippen LogP) is 0.772. The first kappa shape index (κ1) is 14.0. The summed E-state index contributed by atoms with van der Waals surface area (Å²) >= 11 is 0. The Kier molecular flexibility index (Phi) is 4.02. The van der Waals surface area contributed by atoms with E-state index in [4.69, 9.17) is 5.73 Å². The second kappa shape index (κ2) is 5.73. The van der Waals surface area contributed by atoms with Crippen molar-refractivity contribution >= 4 is 17.7 Å². The van der Waals surface area contributed by atoms with E-state index in [-0.39, 0.29) is 17.7 Å². The van der Waals surface area contributed by atoms with Crippen molar-refractivity contribution in [2.24, 2.45) is 5.73 Å². The lowest BCUT2D eigenvalue weighted by atomic mass is 10.1. The lowest BCUT2D eigenvalue weighted by Crippen LogP contribution is -2.40.